The first-order valence-electron chi connectivity index (χ1n) is 7.69. The fourth-order valence-electron chi connectivity index (χ4n) is 2.68. The van der Waals surface area contributed by atoms with E-state index in [0.29, 0.717) is 12.0 Å². The summed E-state index contributed by atoms with van der Waals surface area (Å²) in [5, 5.41) is 6.49. The van der Waals surface area contributed by atoms with Crippen LogP contribution in [0.1, 0.15) is 65.7 Å². The fraction of sp³-hybridized carbons (Fsp3) is 0.933. The van der Waals surface area contributed by atoms with Gasteiger partial charge in [-0.25, -0.2) is 0 Å². The lowest BCUT2D eigenvalue weighted by atomic mass is 9.92. The first kappa shape index (κ1) is 15.5. The third-order valence-corrected chi connectivity index (χ3v) is 3.93. The first-order chi connectivity index (χ1) is 8.65. The van der Waals surface area contributed by atoms with Gasteiger partial charge in [-0.2, -0.15) is 0 Å². The van der Waals surface area contributed by atoms with Gasteiger partial charge in [0.25, 0.3) is 0 Å². The maximum Gasteiger partial charge on any atom is 0.237 e. The molecular formula is C15H30N2O. The van der Waals surface area contributed by atoms with E-state index >= 15 is 0 Å². The van der Waals surface area contributed by atoms with Gasteiger partial charge < -0.3 is 10.6 Å². The molecule has 0 aliphatic carbocycles. The van der Waals surface area contributed by atoms with E-state index < -0.39 is 0 Å². The summed E-state index contributed by atoms with van der Waals surface area (Å²) in [4.78, 5) is 12.1. The Bertz CT molecular complexity index is 243. The van der Waals surface area contributed by atoms with Gasteiger partial charge in [-0.3, -0.25) is 4.79 Å². The lowest BCUT2D eigenvalue weighted by Gasteiger charge is -2.30. The number of unbranched alkanes of at least 4 members (excludes halogenated alkanes) is 3. The normalized spacial score (nSPS) is 25.7. The predicted octanol–water partition coefficient (Wildman–Crippen LogP) is 2.85. The van der Waals surface area contributed by atoms with Crippen LogP contribution in [0.5, 0.6) is 0 Å². The number of carbonyl (C=O) groups excluding carboxylic acids is 1. The van der Waals surface area contributed by atoms with E-state index in [-0.39, 0.29) is 11.9 Å². The van der Waals surface area contributed by atoms with Gasteiger partial charge in [0, 0.05) is 6.04 Å². The zero-order valence-electron chi connectivity index (χ0n) is 12.3. The van der Waals surface area contributed by atoms with Gasteiger partial charge in [0.15, 0.2) is 0 Å². The molecule has 3 atom stereocenters. The molecule has 0 spiro atoms. The summed E-state index contributed by atoms with van der Waals surface area (Å²) in [5.41, 5.74) is 0. The Morgan fingerprint density at radius 3 is 2.83 bits per heavy atom. The summed E-state index contributed by atoms with van der Waals surface area (Å²) in [6, 6.07) is 0.335. The topological polar surface area (TPSA) is 41.1 Å². The van der Waals surface area contributed by atoms with Gasteiger partial charge in [-0.15, -0.1) is 0 Å². The van der Waals surface area contributed by atoms with Crippen LogP contribution in [0.4, 0.5) is 0 Å². The van der Waals surface area contributed by atoms with E-state index in [4.69, 9.17) is 0 Å². The molecule has 0 saturated carbocycles. The van der Waals surface area contributed by atoms with Crippen molar-refractivity contribution < 1.29 is 4.79 Å². The molecule has 0 aromatic rings. The maximum atomic E-state index is 12.1. The largest absolute Gasteiger partial charge is 0.352 e. The maximum absolute atomic E-state index is 12.1. The SMILES string of the molecule is CCCCCCC(C)NC(=O)C1NCCCC1C. The minimum Gasteiger partial charge on any atom is -0.352 e. The Hall–Kier alpha value is -0.570. The predicted molar refractivity (Wildman–Crippen MR) is 76.6 cm³/mol. The highest BCUT2D eigenvalue weighted by Gasteiger charge is 2.27. The standard InChI is InChI=1S/C15H30N2O/c1-4-5-6-7-10-13(3)17-15(18)14-12(2)9-8-11-16-14/h12-14,16H,4-11H2,1-3H3,(H,17,18). The van der Waals surface area contributed by atoms with Crippen LogP contribution < -0.4 is 10.6 Å². The second kappa shape index (κ2) is 8.52. The van der Waals surface area contributed by atoms with E-state index in [0.717, 1.165) is 19.4 Å². The molecule has 1 saturated heterocycles. The lowest BCUT2D eigenvalue weighted by Crippen LogP contribution is -2.52. The Labute approximate surface area is 112 Å². The quantitative estimate of drug-likeness (QED) is 0.686. The minimum atomic E-state index is 0.0249. The van der Waals surface area contributed by atoms with Crippen LogP contribution in [-0.4, -0.2) is 24.5 Å². The molecule has 0 aromatic carbocycles. The van der Waals surface area contributed by atoms with E-state index in [2.05, 4.69) is 31.4 Å². The number of hydrogen-bond acceptors (Lipinski definition) is 2. The van der Waals surface area contributed by atoms with Crippen molar-refractivity contribution in [1.29, 1.82) is 0 Å². The third-order valence-electron chi connectivity index (χ3n) is 3.93. The van der Waals surface area contributed by atoms with E-state index in [9.17, 15) is 4.79 Å². The third kappa shape index (κ3) is 5.38. The molecule has 3 unspecified atom stereocenters. The molecular weight excluding hydrogens is 224 g/mol. The number of amides is 1. The molecule has 1 rings (SSSR count). The molecule has 1 fully saturated rings. The van der Waals surface area contributed by atoms with Gasteiger partial charge in [0.2, 0.25) is 5.91 Å². The van der Waals surface area contributed by atoms with Gasteiger partial charge in [-0.1, -0.05) is 39.5 Å². The second-order valence-electron chi connectivity index (χ2n) is 5.81. The molecule has 0 radical (unpaired) electrons. The van der Waals surface area contributed by atoms with Crippen LogP contribution in [0, 0.1) is 5.92 Å². The zero-order chi connectivity index (χ0) is 13.4. The summed E-state index contributed by atoms with van der Waals surface area (Å²) < 4.78 is 0. The van der Waals surface area contributed by atoms with Crippen molar-refractivity contribution in [2.75, 3.05) is 6.54 Å². The Morgan fingerprint density at radius 1 is 1.39 bits per heavy atom. The summed E-state index contributed by atoms with van der Waals surface area (Å²) in [5.74, 6) is 0.663. The Kier molecular flexibility index (Phi) is 7.33. The van der Waals surface area contributed by atoms with Gasteiger partial charge in [0.1, 0.15) is 0 Å². The van der Waals surface area contributed by atoms with Gasteiger partial charge in [0.05, 0.1) is 6.04 Å². The summed E-state index contributed by atoms with van der Waals surface area (Å²) in [6.07, 6.45) is 8.55. The van der Waals surface area contributed by atoms with Crippen molar-refractivity contribution in [2.45, 2.75) is 77.8 Å². The number of hydrogen-bond donors (Lipinski definition) is 2. The van der Waals surface area contributed by atoms with Crippen molar-refractivity contribution >= 4 is 5.91 Å². The van der Waals surface area contributed by atoms with Crippen molar-refractivity contribution in [2.24, 2.45) is 5.92 Å². The zero-order valence-corrected chi connectivity index (χ0v) is 12.3. The molecule has 2 N–H and O–H groups in total. The van der Waals surface area contributed by atoms with Crippen molar-refractivity contribution in [3.63, 3.8) is 0 Å². The fourth-order valence-corrected chi connectivity index (χ4v) is 2.68. The minimum absolute atomic E-state index is 0.0249. The van der Waals surface area contributed by atoms with Crippen molar-refractivity contribution in [3.8, 4) is 0 Å². The second-order valence-corrected chi connectivity index (χ2v) is 5.81. The Morgan fingerprint density at radius 2 is 2.17 bits per heavy atom. The van der Waals surface area contributed by atoms with E-state index in [1.807, 2.05) is 0 Å². The molecule has 1 amide bonds. The molecule has 106 valence electrons. The van der Waals surface area contributed by atoms with Crippen LogP contribution in [0.3, 0.4) is 0 Å². The lowest BCUT2D eigenvalue weighted by molar-refractivity contribution is -0.125. The first-order valence-corrected chi connectivity index (χ1v) is 7.69. The number of piperidine rings is 1. The van der Waals surface area contributed by atoms with Crippen LogP contribution in [-0.2, 0) is 4.79 Å². The molecule has 1 aliphatic heterocycles. The molecule has 1 aliphatic rings. The van der Waals surface area contributed by atoms with Crippen LogP contribution in [0.2, 0.25) is 0 Å². The van der Waals surface area contributed by atoms with Crippen LogP contribution in [0.15, 0.2) is 0 Å². The van der Waals surface area contributed by atoms with E-state index in [1.54, 1.807) is 0 Å². The molecule has 18 heavy (non-hydrogen) atoms. The highest BCUT2D eigenvalue weighted by atomic mass is 16.2. The molecule has 1 heterocycles. The molecule has 3 heteroatoms. The smallest absolute Gasteiger partial charge is 0.237 e. The van der Waals surface area contributed by atoms with Gasteiger partial charge in [-0.05, 0) is 38.6 Å². The van der Waals surface area contributed by atoms with Gasteiger partial charge >= 0.3 is 0 Å². The highest BCUT2D eigenvalue weighted by molar-refractivity contribution is 5.82. The average molecular weight is 254 g/mol. The number of rotatable bonds is 7. The highest BCUT2D eigenvalue weighted by Crippen LogP contribution is 2.16. The number of carbonyl (C=O) groups is 1. The van der Waals surface area contributed by atoms with Crippen molar-refractivity contribution in [1.82, 2.24) is 10.6 Å². The van der Waals surface area contributed by atoms with E-state index in [1.165, 1.54) is 32.1 Å². The summed E-state index contributed by atoms with van der Waals surface area (Å²) in [7, 11) is 0. The monoisotopic (exact) mass is 254 g/mol. The molecule has 3 nitrogen and oxygen atoms in total. The average Bonchev–Trinajstić information content (AvgIpc) is 2.35. The number of nitrogens with one attached hydrogen (secondary N) is 2. The molecule has 0 aromatic heterocycles. The summed E-state index contributed by atoms with van der Waals surface area (Å²) in [6.45, 7) is 7.49. The van der Waals surface area contributed by atoms with Crippen molar-refractivity contribution in [3.05, 3.63) is 0 Å². The van der Waals surface area contributed by atoms with Crippen LogP contribution in [0.25, 0.3) is 0 Å². The summed E-state index contributed by atoms with van der Waals surface area (Å²) >= 11 is 0. The Balaban J connectivity index is 2.21. The van der Waals surface area contributed by atoms with Crippen LogP contribution >= 0.6 is 0 Å². The molecule has 0 bridgehead atoms.